The number of aryl methyl sites for hydroxylation is 1. The Kier molecular flexibility index (Phi) is 9.73. The number of hydrogen-bond acceptors (Lipinski definition) is 4. The van der Waals surface area contributed by atoms with Gasteiger partial charge >= 0.3 is 6.16 Å². The number of benzene rings is 1. The number of unbranched alkanes of at least 4 members (excludes halogenated alkanes) is 7. The van der Waals surface area contributed by atoms with E-state index in [0.29, 0.717) is 12.4 Å². The van der Waals surface area contributed by atoms with E-state index in [1.165, 1.54) is 44.6 Å². The molecule has 0 aromatic heterocycles. The minimum Gasteiger partial charge on any atom is -0.502 e. The third-order valence-corrected chi connectivity index (χ3v) is 3.96. The highest BCUT2D eigenvalue weighted by Crippen LogP contribution is 2.39. The monoisotopic (exact) mass is 338 g/mol. The molecule has 0 bridgehead atoms. The van der Waals surface area contributed by atoms with E-state index < -0.39 is 6.16 Å². The second kappa shape index (κ2) is 11.6. The van der Waals surface area contributed by atoms with Gasteiger partial charge in [-0.15, -0.1) is 0 Å². The van der Waals surface area contributed by atoms with Gasteiger partial charge in [-0.3, -0.25) is 0 Å². The predicted octanol–water partition coefficient (Wildman–Crippen LogP) is 5.53. The van der Waals surface area contributed by atoms with E-state index in [1.54, 1.807) is 6.07 Å². The molecule has 0 radical (unpaired) electrons. The van der Waals surface area contributed by atoms with Crippen molar-refractivity contribution in [3.63, 3.8) is 0 Å². The molecule has 136 valence electrons. The summed E-state index contributed by atoms with van der Waals surface area (Å²) in [6, 6.07) is 3.25. The zero-order valence-corrected chi connectivity index (χ0v) is 14.8. The van der Waals surface area contributed by atoms with Crippen LogP contribution in [0.2, 0.25) is 0 Å². The molecule has 5 heteroatoms. The maximum atomic E-state index is 10.6. The number of phenolic OH excluding ortho intramolecular Hbond substituents is 1. The van der Waals surface area contributed by atoms with Crippen LogP contribution in [0.3, 0.4) is 0 Å². The van der Waals surface area contributed by atoms with Crippen molar-refractivity contribution in [2.24, 2.45) is 0 Å². The summed E-state index contributed by atoms with van der Waals surface area (Å²) in [5.74, 6) is 0.00105. The smallest absolute Gasteiger partial charge is 0.502 e. The first-order chi connectivity index (χ1) is 11.6. The number of aromatic hydroxyl groups is 1. The molecule has 0 unspecified atom stereocenters. The van der Waals surface area contributed by atoms with Crippen molar-refractivity contribution in [3.05, 3.63) is 17.7 Å². The summed E-state index contributed by atoms with van der Waals surface area (Å²) in [4.78, 5) is 10.6. The Labute approximate surface area is 144 Å². The average Bonchev–Trinajstić information content (AvgIpc) is 2.55. The zero-order valence-electron chi connectivity index (χ0n) is 14.8. The average molecular weight is 338 g/mol. The van der Waals surface area contributed by atoms with Gasteiger partial charge in [0.25, 0.3) is 0 Å². The van der Waals surface area contributed by atoms with Crippen molar-refractivity contribution >= 4 is 6.16 Å². The number of hydrogen-bond donors (Lipinski definition) is 2. The van der Waals surface area contributed by atoms with Crippen LogP contribution in [0.4, 0.5) is 4.79 Å². The first-order valence-corrected chi connectivity index (χ1v) is 8.98. The minimum absolute atomic E-state index is 0.0920. The molecular weight excluding hydrogens is 308 g/mol. The lowest BCUT2D eigenvalue weighted by Crippen LogP contribution is -2.05. The Balaban J connectivity index is 2.51. The van der Waals surface area contributed by atoms with Crippen LogP contribution in [-0.2, 0) is 6.42 Å². The number of phenols is 1. The van der Waals surface area contributed by atoms with Gasteiger partial charge in [0.05, 0.1) is 6.61 Å². The molecule has 5 nitrogen and oxygen atoms in total. The maximum absolute atomic E-state index is 10.6. The van der Waals surface area contributed by atoms with Crippen LogP contribution in [0.25, 0.3) is 0 Å². The van der Waals surface area contributed by atoms with Crippen LogP contribution in [0, 0.1) is 0 Å². The van der Waals surface area contributed by atoms with Gasteiger partial charge in [-0.25, -0.2) is 4.79 Å². The maximum Gasteiger partial charge on any atom is 0.511 e. The molecule has 0 fully saturated rings. The Hall–Kier alpha value is -1.91. The normalized spacial score (nSPS) is 10.6. The van der Waals surface area contributed by atoms with Crippen molar-refractivity contribution in [2.75, 3.05) is 6.61 Å². The fourth-order valence-corrected chi connectivity index (χ4v) is 2.72. The summed E-state index contributed by atoms with van der Waals surface area (Å²) >= 11 is 0. The minimum atomic E-state index is -1.46. The quantitative estimate of drug-likeness (QED) is 0.298. The third kappa shape index (κ3) is 7.11. The van der Waals surface area contributed by atoms with Gasteiger partial charge in [-0.1, -0.05) is 57.9 Å². The standard InChI is InChI=1S/C19H30O5/c1-3-5-6-7-8-9-10-11-12-15-13-14-16(24-19(21)22)17(20)18(15)23-4-2/h13-14,20H,3-12H2,1-2H3,(H,21,22). The number of carbonyl (C=O) groups is 1. The summed E-state index contributed by atoms with van der Waals surface area (Å²) in [6.07, 6.45) is 9.22. The highest BCUT2D eigenvalue weighted by Gasteiger charge is 2.16. The van der Waals surface area contributed by atoms with E-state index in [9.17, 15) is 9.90 Å². The molecular formula is C19H30O5. The molecule has 0 saturated heterocycles. The fourth-order valence-electron chi connectivity index (χ4n) is 2.72. The first-order valence-electron chi connectivity index (χ1n) is 8.98. The summed E-state index contributed by atoms with van der Waals surface area (Å²) in [7, 11) is 0. The van der Waals surface area contributed by atoms with Crippen LogP contribution in [0.5, 0.6) is 17.2 Å². The van der Waals surface area contributed by atoms with Crippen molar-refractivity contribution in [1.82, 2.24) is 0 Å². The molecule has 0 heterocycles. The lowest BCUT2D eigenvalue weighted by Gasteiger charge is -2.14. The van der Waals surface area contributed by atoms with E-state index in [1.807, 2.05) is 6.92 Å². The molecule has 2 N–H and O–H groups in total. The number of carboxylic acid groups (broad SMARTS) is 1. The van der Waals surface area contributed by atoms with Crippen LogP contribution in [0.15, 0.2) is 12.1 Å². The zero-order chi connectivity index (χ0) is 17.8. The Bertz CT molecular complexity index is 499. The molecule has 0 atom stereocenters. The van der Waals surface area contributed by atoms with Crippen molar-refractivity contribution < 1.29 is 24.5 Å². The highest BCUT2D eigenvalue weighted by atomic mass is 16.7. The topological polar surface area (TPSA) is 76.0 Å². The van der Waals surface area contributed by atoms with E-state index in [0.717, 1.165) is 24.8 Å². The summed E-state index contributed by atoms with van der Waals surface area (Å²) in [6.45, 7) is 4.44. The highest BCUT2D eigenvalue weighted by molar-refractivity contribution is 5.65. The van der Waals surface area contributed by atoms with Crippen LogP contribution < -0.4 is 9.47 Å². The first kappa shape index (κ1) is 20.1. The molecule has 1 aromatic carbocycles. The lowest BCUT2D eigenvalue weighted by molar-refractivity contribution is 0.142. The second-order valence-electron chi connectivity index (χ2n) is 5.93. The predicted molar refractivity (Wildman–Crippen MR) is 94.2 cm³/mol. The second-order valence-corrected chi connectivity index (χ2v) is 5.93. The third-order valence-electron chi connectivity index (χ3n) is 3.96. The molecule has 1 aromatic rings. The Morgan fingerprint density at radius 3 is 2.21 bits per heavy atom. The summed E-state index contributed by atoms with van der Waals surface area (Å²) in [5.41, 5.74) is 0.887. The van der Waals surface area contributed by atoms with Crippen LogP contribution in [0.1, 0.15) is 70.8 Å². The Morgan fingerprint density at radius 1 is 1.00 bits per heavy atom. The lowest BCUT2D eigenvalue weighted by atomic mass is 10.0. The molecule has 0 aliphatic rings. The van der Waals surface area contributed by atoms with Gasteiger partial charge < -0.3 is 19.7 Å². The van der Waals surface area contributed by atoms with Gasteiger partial charge in [0.15, 0.2) is 11.5 Å². The van der Waals surface area contributed by atoms with Crippen LogP contribution >= 0.6 is 0 Å². The van der Waals surface area contributed by atoms with Crippen molar-refractivity contribution in [3.8, 4) is 17.2 Å². The molecule has 0 aliphatic heterocycles. The van der Waals surface area contributed by atoms with Gasteiger partial charge in [-0.2, -0.15) is 0 Å². The molecule has 0 amide bonds. The van der Waals surface area contributed by atoms with E-state index in [4.69, 9.17) is 9.84 Å². The van der Waals surface area contributed by atoms with E-state index in [-0.39, 0.29) is 11.5 Å². The SMILES string of the molecule is CCCCCCCCCCc1ccc(OC(=O)O)c(O)c1OCC. The van der Waals surface area contributed by atoms with E-state index >= 15 is 0 Å². The van der Waals surface area contributed by atoms with Crippen LogP contribution in [-0.4, -0.2) is 23.0 Å². The van der Waals surface area contributed by atoms with E-state index in [2.05, 4.69) is 11.7 Å². The van der Waals surface area contributed by atoms with Gasteiger partial charge in [0.2, 0.25) is 5.75 Å². The molecule has 1 rings (SSSR count). The van der Waals surface area contributed by atoms with Gasteiger partial charge in [0, 0.05) is 0 Å². The van der Waals surface area contributed by atoms with Crippen molar-refractivity contribution in [2.45, 2.75) is 71.6 Å². The molecule has 0 aliphatic carbocycles. The number of rotatable bonds is 12. The summed E-state index contributed by atoms with van der Waals surface area (Å²) in [5, 5.41) is 18.8. The Morgan fingerprint density at radius 2 is 1.62 bits per heavy atom. The largest absolute Gasteiger partial charge is 0.511 e. The molecule has 0 spiro atoms. The molecule has 24 heavy (non-hydrogen) atoms. The number of ether oxygens (including phenoxy) is 2. The van der Waals surface area contributed by atoms with Gasteiger partial charge in [0.1, 0.15) is 0 Å². The van der Waals surface area contributed by atoms with Crippen molar-refractivity contribution in [1.29, 1.82) is 0 Å². The molecule has 0 saturated carbocycles. The fraction of sp³-hybridized carbons (Fsp3) is 0.632. The van der Waals surface area contributed by atoms with Gasteiger partial charge in [-0.05, 0) is 31.4 Å². The summed E-state index contributed by atoms with van der Waals surface area (Å²) < 4.78 is 10.1.